The lowest BCUT2D eigenvalue weighted by Crippen LogP contribution is -2.31. The van der Waals surface area contributed by atoms with Gasteiger partial charge >= 0.3 is 0 Å². The number of methoxy groups -OCH3 is 2. The number of ether oxygens (including phenoxy) is 2. The molecule has 34 heavy (non-hydrogen) atoms. The second-order valence-corrected chi connectivity index (χ2v) is 8.57. The molecule has 1 heterocycles. The Kier molecular flexibility index (Phi) is 6.70. The summed E-state index contributed by atoms with van der Waals surface area (Å²) < 4.78 is 10.7. The van der Waals surface area contributed by atoms with Gasteiger partial charge in [-0.25, -0.2) is 0 Å². The van der Waals surface area contributed by atoms with Gasteiger partial charge in [-0.1, -0.05) is 48.5 Å². The number of hydrogen-bond donors (Lipinski definition) is 1. The molecule has 1 atom stereocenters. The van der Waals surface area contributed by atoms with E-state index in [2.05, 4.69) is 0 Å². The maximum absolute atomic E-state index is 13.4. The van der Waals surface area contributed by atoms with Gasteiger partial charge in [0, 0.05) is 20.3 Å². The number of fused-ring (bicyclic) bond motifs is 1. The molecule has 6 heteroatoms. The van der Waals surface area contributed by atoms with Crippen LogP contribution in [0.4, 0.5) is 0 Å². The van der Waals surface area contributed by atoms with Crippen LogP contribution in [0.5, 0.6) is 5.75 Å². The summed E-state index contributed by atoms with van der Waals surface area (Å²) >= 11 is 0. The molecule has 1 amide bonds. The lowest BCUT2D eigenvalue weighted by Gasteiger charge is -2.26. The molecule has 1 unspecified atom stereocenters. The average molecular weight is 460 g/mol. The quantitative estimate of drug-likeness (QED) is 0.235. The van der Waals surface area contributed by atoms with Gasteiger partial charge in [-0.3, -0.25) is 9.59 Å². The standard InChI is InChI=1S/C28H29NO5/c1-17-15-18(2)27(34-4)22(16-17)25(30)23-24(29(13-8-14-33-3)28(32)26(23)31)21-12-7-10-19-9-5-6-11-20(19)21/h5-7,9-12,15-16,24,30H,8,13-14H2,1-4H3/b25-23+. The summed E-state index contributed by atoms with van der Waals surface area (Å²) in [5, 5.41) is 13.5. The van der Waals surface area contributed by atoms with Crippen molar-refractivity contribution in [1.29, 1.82) is 0 Å². The minimum atomic E-state index is -0.728. The molecule has 0 bridgehead atoms. The van der Waals surface area contributed by atoms with Crippen molar-refractivity contribution in [3.8, 4) is 5.75 Å². The fourth-order valence-electron chi connectivity index (χ4n) is 4.85. The van der Waals surface area contributed by atoms with E-state index in [0.29, 0.717) is 30.9 Å². The lowest BCUT2D eigenvalue weighted by atomic mass is 9.91. The van der Waals surface area contributed by atoms with Crippen LogP contribution in [-0.4, -0.2) is 49.1 Å². The first kappa shape index (κ1) is 23.5. The van der Waals surface area contributed by atoms with Crippen molar-refractivity contribution in [2.24, 2.45) is 0 Å². The number of carbonyl (C=O) groups is 2. The summed E-state index contributed by atoms with van der Waals surface area (Å²) in [5.41, 5.74) is 3.01. The lowest BCUT2D eigenvalue weighted by molar-refractivity contribution is -0.140. The minimum absolute atomic E-state index is 0.0714. The molecule has 1 fully saturated rings. The molecule has 0 radical (unpaired) electrons. The highest BCUT2D eigenvalue weighted by atomic mass is 16.5. The number of aliphatic hydroxyl groups excluding tert-OH is 1. The smallest absolute Gasteiger partial charge is 0.295 e. The number of likely N-dealkylation sites (tertiary alicyclic amines) is 1. The fraction of sp³-hybridized carbons (Fsp3) is 0.286. The van der Waals surface area contributed by atoms with Gasteiger partial charge in [0.25, 0.3) is 11.7 Å². The number of aliphatic hydroxyl groups is 1. The molecule has 3 aromatic carbocycles. The van der Waals surface area contributed by atoms with E-state index in [1.54, 1.807) is 18.1 Å². The Morgan fingerprint density at radius 2 is 1.76 bits per heavy atom. The van der Waals surface area contributed by atoms with Gasteiger partial charge in [-0.2, -0.15) is 0 Å². The van der Waals surface area contributed by atoms with E-state index < -0.39 is 17.7 Å². The Morgan fingerprint density at radius 3 is 2.50 bits per heavy atom. The van der Waals surface area contributed by atoms with Crippen molar-refractivity contribution in [3.05, 3.63) is 82.4 Å². The first-order valence-electron chi connectivity index (χ1n) is 11.3. The third-order valence-corrected chi connectivity index (χ3v) is 6.28. The molecule has 0 saturated carbocycles. The van der Waals surface area contributed by atoms with E-state index in [1.165, 1.54) is 7.11 Å². The van der Waals surface area contributed by atoms with Crippen molar-refractivity contribution < 1.29 is 24.2 Å². The predicted octanol–water partition coefficient (Wildman–Crippen LogP) is 4.92. The molecule has 0 aliphatic carbocycles. The molecule has 1 N–H and O–H groups in total. The van der Waals surface area contributed by atoms with Crippen molar-refractivity contribution in [1.82, 2.24) is 4.90 Å². The summed E-state index contributed by atoms with van der Waals surface area (Å²) in [7, 11) is 3.13. The normalized spacial score (nSPS) is 17.5. The zero-order valence-electron chi connectivity index (χ0n) is 19.9. The molecular weight excluding hydrogens is 430 g/mol. The van der Waals surface area contributed by atoms with Crippen LogP contribution in [-0.2, 0) is 14.3 Å². The Morgan fingerprint density at radius 1 is 1.03 bits per heavy atom. The molecular formula is C28H29NO5. The monoisotopic (exact) mass is 459 g/mol. The van der Waals surface area contributed by atoms with Crippen LogP contribution in [0.1, 0.15) is 34.7 Å². The summed E-state index contributed by atoms with van der Waals surface area (Å²) in [6.45, 7) is 4.58. The van der Waals surface area contributed by atoms with Gasteiger partial charge in [-0.05, 0) is 53.8 Å². The van der Waals surface area contributed by atoms with Crippen molar-refractivity contribution in [2.45, 2.75) is 26.3 Å². The number of aryl methyl sites for hydroxylation is 2. The van der Waals surface area contributed by atoms with Crippen LogP contribution in [0, 0.1) is 13.8 Å². The Labute approximate surface area is 199 Å². The van der Waals surface area contributed by atoms with Gasteiger partial charge in [-0.15, -0.1) is 0 Å². The van der Waals surface area contributed by atoms with Crippen LogP contribution in [0.15, 0.2) is 60.2 Å². The number of amides is 1. The van der Waals surface area contributed by atoms with Crippen molar-refractivity contribution in [3.63, 3.8) is 0 Å². The number of carbonyl (C=O) groups excluding carboxylic acids is 2. The van der Waals surface area contributed by atoms with E-state index in [-0.39, 0.29) is 11.3 Å². The summed E-state index contributed by atoms with van der Waals surface area (Å²) in [4.78, 5) is 28.1. The highest BCUT2D eigenvalue weighted by Crippen LogP contribution is 2.43. The Bertz CT molecular complexity index is 1290. The fourth-order valence-corrected chi connectivity index (χ4v) is 4.85. The predicted molar refractivity (Wildman–Crippen MR) is 132 cm³/mol. The molecule has 176 valence electrons. The number of rotatable bonds is 7. The van der Waals surface area contributed by atoms with Crippen LogP contribution in [0.3, 0.4) is 0 Å². The largest absolute Gasteiger partial charge is 0.507 e. The molecule has 0 spiro atoms. The van der Waals surface area contributed by atoms with Gasteiger partial charge in [0.2, 0.25) is 0 Å². The van der Waals surface area contributed by atoms with Crippen molar-refractivity contribution >= 4 is 28.2 Å². The van der Waals surface area contributed by atoms with Crippen molar-refractivity contribution in [2.75, 3.05) is 27.4 Å². The number of benzene rings is 3. The highest BCUT2D eigenvalue weighted by molar-refractivity contribution is 6.46. The molecule has 1 aliphatic rings. The first-order valence-corrected chi connectivity index (χ1v) is 11.3. The summed E-state index contributed by atoms with van der Waals surface area (Å²) in [6, 6.07) is 16.6. The van der Waals surface area contributed by atoms with Gasteiger partial charge in [0.15, 0.2) is 0 Å². The number of Topliss-reactive ketones (excluding diaryl/α,β-unsaturated/α-hetero) is 1. The second kappa shape index (κ2) is 9.69. The number of nitrogens with zero attached hydrogens (tertiary/aromatic N) is 1. The maximum atomic E-state index is 13.4. The molecule has 1 saturated heterocycles. The van der Waals surface area contributed by atoms with Crippen LogP contribution in [0.2, 0.25) is 0 Å². The van der Waals surface area contributed by atoms with Gasteiger partial charge in [0.1, 0.15) is 11.5 Å². The SMILES string of the molecule is COCCCN1C(=O)C(=O)/C(=C(/O)c2cc(C)cc(C)c2OC)C1c1cccc2ccccc12. The molecule has 1 aliphatic heterocycles. The zero-order valence-corrected chi connectivity index (χ0v) is 19.9. The molecule has 0 aromatic heterocycles. The van der Waals surface area contributed by atoms with E-state index >= 15 is 0 Å². The zero-order chi connectivity index (χ0) is 24.4. The van der Waals surface area contributed by atoms with Crippen LogP contribution >= 0.6 is 0 Å². The average Bonchev–Trinajstić information content (AvgIpc) is 3.08. The van der Waals surface area contributed by atoms with E-state index in [4.69, 9.17) is 9.47 Å². The summed E-state index contributed by atoms with van der Waals surface area (Å²) in [5.74, 6) is -1.08. The molecule has 3 aromatic rings. The Balaban J connectivity index is 1.98. The van der Waals surface area contributed by atoms with E-state index in [9.17, 15) is 14.7 Å². The molecule has 6 nitrogen and oxygen atoms in total. The topological polar surface area (TPSA) is 76.1 Å². The highest BCUT2D eigenvalue weighted by Gasteiger charge is 2.46. The van der Waals surface area contributed by atoms with Crippen LogP contribution in [0.25, 0.3) is 16.5 Å². The second-order valence-electron chi connectivity index (χ2n) is 8.57. The third kappa shape index (κ3) is 4.05. The first-order chi connectivity index (χ1) is 16.4. The van der Waals surface area contributed by atoms with Crippen LogP contribution < -0.4 is 4.74 Å². The maximum Gasteiger partial charge on any atom is 0.295 e. The number of ketones is 1. The Hall–Kier alpha value is -3.64. The van der Waals surface area contributed by atoms with Gasteiger partial charge in [0.05, 0.1) is 24.3 Å². The van der Waals surface area contributed by atoms with E-state index in [0.717, 1.165) is 27.5 Å². The van der Waals surface area contributed by atoms with E-state index in [1.807, 2.05) is 62.4 Å². The summed E-state index contributed by atoms with van der Waals surface area (Å²) in [6.07, 6.45) is 0.567. The minimum Gasteiger partial charge on any atom is -0.507 e. The molecule has 4 rings (SSSR count). The number of hydrogen-bond acceptors (Lipinski definition) is 5. The van der Waals surface area contributed by atoms with Gasteiger partial charge < -0.3 is 19.5 Å². The third-order valence-electron chi connectivity index (χ3n) is 6.28.